The van der Waals surface area contributed by atoms with Gasteiger partial charge >= 0.3 is 0 Å². The van der Waals surface area contributed by atoms with Crippen LogP contribution in [0.2, 0.25) is 0 Å². The minimum Gasteiger partial charge on any atom is -0.497 e. The van der Waals surface area contributed by atoms with Crippen molar-refractivity contribution in [3.8, 4) is 5.75 Å². The summed E-state index contributed by atoms with van der Waals surface area (Å²) in [5.41, 5.74) is 10.2. The predicted octanol–water partition coefficient (Wildman–Crippen LogP) is 3.27. The van der Waals surface area contributed by atoms with Crippen molar-refractivity contribution in [2.45, 2.75) is 13.5 Å². The van der Waals surface area contributed by atoms with E-state index in [1.54, 1.807) is 7.11 Å². The highest BCUT2D eigenvalue weighted by Gasteiger charge is 2.10. The summed E-state index contributed by atoms with van der Waals surface area (Å²) in [6.07, 6.45) is 0. The number of anilines is 1. The Hall–Kier alpha value is -2.07. The molecule has 0 aliphatic heterocycles. The van der Waals surface area contributed by atoms with Crippen molar-refractivity contribution in [2.24, 2.45) is 5.73 Å². The van der Waals surface area contributed by atoms with E-state index < -0.39 is 0 Å². The van der Waals surface area contributed by atoms with Crippen LogP contribution in [0.25, 0.3) is 0 Å². The lowest BCUT2D eigenvalue weighted by molar-refractivity contribution is 0.414. The minimum atomic E-state index is 0.423. The Bertz CT molecular complexity index is 638. The molecule has 0 heterocycles. The van der Waals surface area contributed by atoms with Crippen LogP contribution in [0.1, 0.15) is 16.7 Å². The predicted molar refractivity (Wildman–Crippen MR) is 92.2 cm³/mol. The number of hydrogen-bond acceptors (Lipinski definition) is 3. The lowest BCUT2D eigenvalue weighted by Crippen LogP contribution is -2.21. The van der Waals surface area contributed by atoms with E-state index in [2.05, 4.69) is 30.0 Å². The van der Waals surface area contributed by atoms with Gasteiger partial charge in [0, 0.05) is 24.8 Å². The van der Waals surface area contributed by atoms with Gasteiger partial charge in [-0.25, -0.2) is 0 Å². The topological polar surface area (TPSA) is 38.5 Å². The number of nitrogens with two attached hydrogens (primary N) is 1. The van der Waals surface area contributed by atoms with Gasteiger partial charge < -0.3 is 15.4 Å². The Kier molecular flexibility index (Phi) is 4.81. The largest absolute Gasteiger partial charge is 0.497 e. The van der Waals surface area contributed by atoms with Crippen molar-refractivity contribution in [3.63, 3.8) is 0 Å². The lowest BCUT2D eigenvalue weighted by atomic mass is 10.1. The van der Waals surface area contributed by atoms with Crippen molar-refractivity contribution >= 4 is 22.9 Å². The monoisotopic (exact) mass is 300 g/mol. The average Bonchev–Trinajstić information content (AvgIpc) is 2.47. The highest BCUT2D eigenvalue weighted by atomic mass is 32.1. The van der Waals surface area contributed by atoms with E-state index in [1.807, 2.05) is 31.3 Å². The Morgan fingerprint density at radius 2 is 1.86 bits per heavy atom. The first-order valence-corrected chi connectivity index (χ1v) is 7.16. The van der Waals surface area contributed by atoms with E-state index in [9.17, 15) is 0 Å². The molecule has 2 rings (SSSR count). The van der Waals surface area contributed by atoms with Crippen LogP contribution >= 0.6 is 12.2 Å². The van der Waals surface area contributed by atoms with E-state index in [0.717, 1.165) is 23.5 Å². The molecule has 2 aromatic rings. The summed E-state index contributed by atoms with van der Waals surface area (Å²) >= 11 is 5.14. The van der Waals surface area contributed by atoms with Crippen LogP contribution in [0, 0.1) is 6.92 Å². The van der Waals surface area contributed by atoms with E-state index >= 15 is 0 Å². The Balaban J connectivity index is 2.24. The van der Waals surface area contributed by atoms with Gasteiger partial charge in [0.2, 0.25) is 0 Å². The zero-order valence-corrected chi connectivity index (χ0v) is 13.4. The van der Waals surface area contributed by atoms with Gasteiger partial charge in [-0.1, -0.05) is 30.4 Å². The van der Waals surface area contributed by atoms with Gasteiger partial charge in [0.1, 0.15) is 10.7 Å². The fourth-order valence-electron chi connectivity index (χ4n) is 2.26. The number of thiocarbonyl (C=S) groups is 1. The number of hydrogen-bond donors (Lipinski definition) is 1. The number of rotatable bonds is 5. The molecule has 0 saturated heterocycles. The standard InChI is InChI=1S/C17H20N2OS/c1-12-4-9-15(17(18)21)16(10-12)19(2)11-13-5-7-14(20-3)8-6-13/h4-10H,11H2,1-3H3,(H2,18,21). The number of methoxy groups -OCH3 is 1. The van der Waals surface area contributed by atoms with Crippen molar-refractivity contribution in [3.05, 3.63) is 59.2 Å². The molecule has 0 unspecified atom stereocenters. The molecule has 0 aliphatic carbocycles. The number of aryl methyl sites for hydroxylation is 1. The van der Waals surface area contributed by atoms with Crippen LogP contribution in [0.5, 0.6) is 5.75 Å². The van der Waals surface area contributed by atoms with Crippen LogP contribution in [0.3, 0.4) is 0 Å². The molecule has 110 valence electrons. The molecule has 0 radical (unpaired) electrons. The van der Waals surface area contributed by atoms with Crippen LogP contribution in [-0.4, -0.2) is 19.1 Å². The average molecular weight is 300 g/mol. The molecule has 21 heavy (non-hydrogen) atoms. The fraction of sp³-hybridized carbons (Fsp3) is 0.235. The molecule has 3 nitrogen and oxygen atoms in total. The smallest absolute Gasteiger partial charge is 0.118 e. The third-order valence-electron chi connectivity index (χ3n) is 3.41. The van der Waals surface area contributed by atoms with Gasteiger partial charge in [-0.2, -0.15) is 0 Å². The Morgan fingerprint density at radius 1 is 1.19 bits per heavy atom. The van der Waals surface area contributed by atoms with E-state index in [0.29, 0.717) is 4.99 Å². The second kappa shape index (κ2) is 6.59. The summed E-state index contributed by atoms with van der Waals surface area (Å²) < 4.78 is 5.18. The van der Waals surface area contributed by atoms with Crippen LogP contribution in [0.15, 0.2) is 42.5 Å². The van der Waals surface area contributed by atoms with Gasteiger partial charge in [0.25, 0.3) is 0 Å². The second-order valence-corrected chi connectivity index (χ2v) is 5.53. The van der Waals surface area contributed by atoms with Crippen molar-refractivity contribution in [1.29, 1.82) is 0 Å². The van der Waals surface area contributed by atoms with Gasteiger partial charge in [-0.3, -0.25) is 0 Å². The molecule has 0 spiro atoms. The Labute approximate surface area is 131 Å². The molecular weight excluding hydrogens is 280 g/mol. The highest BCUT2D eigenvalue weighted by molar-refractivity contribution is 7.80. The summed E-state index contributed by atoms with van der Waals surface area (Å²) in [6, 6.07) is 14.2. The van der Waals surface area contributed by atoms with Crippen LogP contribution in [-0.2, 0) is 6.54 Å². The van der Waals surface area contributed by atoms with Crippen molar-refractivity contribution < 1.29 is 4.74 Å². The molecule has 2 aromatic carbocycles. The van der Waals surface area contributed by atoms with Gasteiger partial charge in [-0.05, 0) is 42.3 Å². The van der Waals surface area contributed by atoms with E-state index in [4.69, 9.17) is 22.7 Å². The van der Waals surface area contributed by atoms with Crippen molar-refractivity contribution in [1.82, 2.24) is 0 Å². The molecule has 2 N–H and O–H groups in total. The third-order valence-corrected chi connectivity index (χ3v) is 3.63. The first-order chi connectivity index (χ1) is 10.0. The first kappa shape index (κ1) is 15.3. The quantitative estimate of drug-likeness (QED) is 0.860. The summed E-state index contributed by atoms with van der Waals surface area (Å²) in [6.45, 7) is 2.84. The lowest BCUT2D eigenvalue weighted by Gasteiger charge is -2.23. The maximum Gasteiger partial charge on any atom is 0.118 e. The maximum atomic E-state index is 5.82. The molecular formula is C17H20N2OS. The van der Waals surface area contributed by atoms with Crippen molar-refractivity contribution in [2.75, 3.05) is 19.1 Å². The molecule has 0 amide bonds. The molecule has 0 aliphatic rings. The SMILES string of the molecule is COc1ccc(CN(C)c2cc(C)ccc2C(N)=S)cc1. The third kappa shape index (κ3) is 3.73. The summed E-state index contributed by atoms with van der Waals surface area (Å²) in [5.74, 6) is 0.862. The molecule has 0 atom stereocenters. The molecule has 0 aromatic heterocycles. The Morgan fingerprint density at radius 3 is 2.43 bits per heavy atom. The van der Waals surface area contributed by atoms with E-state index in [-0.39, 0.29) is 0 Å². The molecule has 0 bridgehead atoms. The normalized spacial score (nSPS) is 10.2. The number of ether oxygens (including phenoxy) is 1. The number of nitrogens with zero attached hydrogens (tertiary/aromatic N) is 1. The summed E-state index contributed by atoms with van der Waals surface area (Å²) in [5, 5.41) is 0. The van der Waals surface area contributed by atoms with Gasteiger partial charge in [0.15, 0.2) is 0 Å². The van der Waals surface area contributed by atoms with Gasteiger partial charge in [-0.15, -0.1) is 0 Å². The van der Waals surface area contributed by atoms with Crippen LogP contribution in [0.4, 0.5) is 5.69 Å². The fourth-order valence-corrected chi connectivity index (χ4v) is 2.43. The maximum absolute atomic E-state index is 5.82. The molecule has 0 saturated carbocycles. The summed E-state index contributed by atoms with van der Waals surface area (Å²) in [7, 11) is 3.71. The highest BCUT2D eigenvalue weighted by Crippen LogP contribution is 2.23. The molecule has 0 fully saturated rings. The van der Waals surface area contributed by atoms with E-state index in [1.165, 1.54) is 11.1 Å². The molecule has 4 heteroatoms. The van der Waals surface area contributed by atoms with Crippen LogP contribution < -0.4 is 15.4 Å². The summed E-state index contributed by atoms with van der Waals surface area (Å²) in [4.78, 5) is 2.58. The first-order valence-electron chi connectivity index (χ1n) is 6.76. The zero-order valence-electron chi connectivity index (χ0n) is 12.6. The number of benzene rings is 2. The van der Waals surface area contributed by atoms with Gasteiger partial charge in [0.05, 0.1) is 7.11 Å². The minimum absolute atomic E-state index is 0.423. The zero-order chi connectivity index (χ0) is 15.4. The second-order valence-electron chi connectivity index (χ2n) is 5.09.